The van der Waals surface area contributed by atoms with Crippen LogP contribution in [0.3, 0.4) is 0 Å². The van der Waals surface area contributed by atoms with E-state index in [4.69, 9.17) is 10.5 Å². The zero-order valence-electron chi connectivity index (χ0n) is 9.82. The highest BCUT2D eigenvalue weighted by atomic mass is 16.5. The highest BCUT2D eigenvalue weighted by Gasteiger charge is 2.25. The molecule has 3 heteroatoms. The largest absolute Gasteiger partial charge is 0.381 e. The van der Waals surface area contributed by atoms with E-state index in [1.165, 1.54) is 38.6 Å². The standard InChI is InChI=1S/C12H24N2O/c1-14(12-4-6-15-7-5-12)9-10-2-3-11(13)8-10/h10-12H,2-9,13H2,1H3. The predicted molar refractivity (Wildman–Crippen MR) is 61.8 cm³/mol. The van der Waals surface area contributed by atoms with E-state index in [1.54, 1.807) is 0 Å². The summed E-state index contributed by atoms with van der Waals surface area (Å²) in [7, 11) is 2.26. The maximum absolute atomic E-state index is 5.94. The Kier molecular flexibility index (Phi) is 4.00. The molecule has 1 aliphatic heterocycles. The molecule has 0 radical (unpaired) electrons. The van der Waals surface area contributed by atoms with Gasteiger partial charge in [-0.15, -0.1) is 0 Å². The third-order valence-corrected chi connectivity index (χ3v) is 3.94. The minimum absolute atomic E-state index is 0.470. The first-order valence-corrected chi connectivity index (χ1v) is 6.29. The second kappa shape index (κ2) is 5.28. The quantitative estimate of drug-likeness (QED) is 0.764. The van der Waals surface area contributed by atoms with Crippen LogP contribution in [0.25, 0.3) is 0 Å². The van der Waals surface area contributed by atoms with Crippen molar-refractivity contribution in [2.24, 2.45) is 11.7 Å². The normalized spacial score (nSPS) is 33.8. The Morgan fingerprint density at radius 1 is 1.20 bits per heavy atom. The first-order chi connectivity index (χ1) is 7.25. The summed E-state index contributed by atoms with van der Waals surface area (Å²) in [5.41, 5.74) is 5.94. The lowest BCUT2D eigenvalue weighted by atomic mass is 10.0. The van der Waals surface area contributed by atoms with Gasteiger partial charge in [-0.2, -0.15) is 0 Å². The van der Waals surface area contributed by atoms with Crippen LogP contribution in [0, 0.1) is 5.92 Å². The van der Waals surface area contributed by atoms with E-state index in [9.17, 15) is 0 Å². The van der Waals surface area contributed by atoms with Crippen molar-refractivity contribution in [3.8, 4) is 0 Å². The highest BCUT2D eigenvalue weighted by Crippen LogP contribution is 2.26. The molecule has 0 aromatic heterocycles. The molecule has 0 aromatic rings. The Bertz CT molecular complexity index is 192. The summed E-state index contributed by atoms with van der Waals surface area (Å²) in [4.78, 5) is 2.53. The molecule has 15 heavy (non-hydrogen) atoms. The number of hydrogen-bond acceptors (Lipinski definition) is 3. The van der Waals surface area contributed by atoms with Gasteiger partial charge in [0.2, 0.25) is 0 Å². The van der Waals surface area contributed by atoms with Gasteiger partial charge in [0.1, 0.15) is 0 Å². The molecule has 2 atom stereocenters. The van der Waals surface area contributed by atoms with Crippen LogP contribution < -0.4 is 5.73 Å². The monoisotopic (exact) mass is 212 g/mol. The van der Waals surface area contributed by atoms with Crippen LogP contribution in [0.4, 0.5) is 0 Å². The van der Waals surface area contributed by atoms with Gasteiger partial charge in [-0.25, -0.2) is 0 Å². The van der Waals surface area contributed by atoms with Crippen molar-refractivity contribution in [2.45, 2.75) is 44.2 Å². The van der Waals surface area contributed by atoms with Crippen molar-refractivity contribution in [3.63, 3.8) is 0 Å². The average Bonchev–Trinajstić information content (AvgIpc) is 2.65. The van der Waals surface area contributed by atoms with Gasteiger partial charge in [-0.3, -0.25) is 0 Å². The zero-order chi connectivity index (χ0) is 10.7. The maximum atomic E-state index is 5.94. The Hall–Kier alpha value is -0.120. The molecule has 1 saturated heterocycles. The van der Waals surface area contributed by atoms with Crippen LogP contribution in [0.5, 0.6) is 0 Å². The Morgan fingerprint density at radius 3 is 2.53 bits per heavy atom. The van der Waals surface area contributed by atoms with Gasteiger partial charge in [-0.1, -0.05) is 0 Å². The predicted octanol–water partition coefficient (Wildman–Crippen LogP) is 1.22. The summed E-state index contributed by atoms with van der Waals surface area (Å²) in [6.45, 7) is 3.12. The minimum atomic E-state index is 0.470. The molecule has 1 aliphatic carbocycles. The highest BCUT2D eigenvalue weighted by molar-refractivity contribution is 4.81. The van der Waals surface area contributed by atoms with Gasteiger partial charge in [0.15, 0.2) is 0 Å². The Balaban J connectivity index is 1.73. The summed E-state index contributed by atoms with van der Waals surface area (Å²) in [5.74, 6) is 0.841. The second-order valence-electron chi connectivity index (χ2n) is 5.22. The fourth-order valence-electron chi connectivity index (χ4n) is 2.96. The van der Waals surface area contributed by atoms with Crippen LogP contribution >= 0.6 is 0 Å². The summed E-state index contributed by atoms with van der Waals surface area (Å²) in [6, 6.07) is 1.22. The number of rotatable bonds is 3. The molecule has 1 saturated carbocycles. The molecule has 88 valence electrons. The summed E-state index contributed by atoms with van der Waals surface area (Å²) in [6.07, 6.45) is 6.19. The van der Waals surface area contributed by atoms with Crippen LogP contribution in [-0.2, 0) is 4.74 Å². The fourth-order valence-corrected chi connectivity index (χ4v) is 2.96. The van der Waals surface area contributed by atoms with Gasteiger partial charge in [-0.05, 0) is 45.1 Å². The summed E-state index contributed by atoms with van der Waals surface area (Å²) >= 11 is 0. The maximum Gasteiger partial charge on any atom is 0.0480 e. The van der Waals surface area contributed by atoms with Crippen LogP contribution in [0.15, 0.2) is 0 Å². The lowest BCUT2D eigenvalue weighted by Crippen LogP contribution is -2.39. The number of hydrogen-bond donors (Lipinski definition) is 1. The average molecular weight is 212 g/mol. The van der Waals surface area contributed by atoms with Gasteiger partial charge >= 0.3 is 0 Å². The number of nitrogens with zero attached hydrogens (tertiary/aromatic N) is 1. The van der Waals surface area contributed by atoms with E-state index in [2.05, 4.69) is 11.9 Å². The molecular weight excluding hydrogens is 188 g/mol. The SMILES string of the molecule is CN(CC1CCC(N)C1)C1CCOCC1. The van der Waals surface area contributed by atoms with E-state index in [1.807, 2.05) is 0 Å². The minimum Gasteiger partial charge on any atom is -0.381 e. The summed E-state index contributed by atoms with van der Waals surface area (Å²) < 4.78 is 5.39. The van der Waals surface area contributed by atoms with E-state index in [-0.39, 0.29) is 0 Å². The lowest BCUT2D eigenvalue weighted by molar-refractivity contribution is 0.0385. The molecule has 3 nitrogen and oxygen atoms in total. The fraction of sp³-hybridized carbons (Fsp3) is 1.00. The van der Waals surface area contributed by atoms with Crippen LogP contribution in [-0.4, -0.2) is 43.8 Å². The smallest absolute Gasteiger partial charge is 0.0480 e. The second-order valence-corrected chi connectivity index (χ2v) is 5.22. The van der Waals surface area contributed by atoms with Gasteiger partial charge in [0, 0.05) is 31.8 Å². The third-order valence-electron chi connectivity index (χ3n) is 3.94. The first-order valence-electron chi connectivity index (χ1n) is 6.29. The molecule has 0 aromatic carbocycles. The van der Waals surface area contributed by atoms with Gasteiger partial charge in [0.05, 0.1) is 0 Å². The van der Waals surface area contributed by atoms with Crippen molar-refractivity contribution >= 4 is 0 Å². The van der Waals surface area contributed by atoms with Crippen LogP contribution in [0.1, 0.15) is 32.1 Å². The molecule has 2 fully saturated rings. The molecule has 2 unspecified atom stereocenters. The molecule has 2 rings (SSSR count). The molecule has 0 spiro atoms. The molecule has 2 aliphatic rings. The van der Waals surface area contributed by atoms with E-state index in [0.717, 1.165) is 25.2 Å². The third kappa shape index (κ3) is 3.16. The Labute approximate surface area is 93.0 Å². The van der Waals surface area contributed by atoms with Crippen molar-refractivity contribution in [2.75, 3.05) is 26.8 Å². The molecule has 0 bridgehead atoms. The molecular formula is C12H24N2O. The molecule has 2 N–H and O–H groups in total. The van der Waals surface area contributed by atoms with Crippen LogP contribution in [0.2, 0.25) is 0 Å². The van der Waals surface area contributed by atoms with Gasteiger partial charge < -0.3 is 15.4 Å². The van der Waals surface area contributed by atoms with Crippen molar-refractivity contribution < 1.29 is 4.74 Å². The topological polar surface area (TPSA) is 38.5 Å². The van der Waals surface area contributed by atoms with Crippen molar-refractivity contribution in [1.82, 2.24) is 4.90 Å². The van der Waals surface area contributed by atoms with E-state index >= 15 is 0 Å². The van der Waals surface area contributed by atoms with Crippen molar-refractivity contribution in [1.29, 1.82) is 0 Å². The van der Waals surface area contributed by atoms with Crippen molar-refractivity contribution in [3.05, 3.63) is 0 Å². The summed E-state index contributed by atoms with van der Waals surface area (Å²) in [5, 5.41) is 0. The van der Waals surface area contributed by atoms with E-state index in [0.29, 0.717) is 6.04 Å². The zero-order valence-corrected chi connectivity index (χ0v) is 9.82. The van der Waals surface area contributed by atoms with Gasteiger partial charge in [0.25, 0.3) is 0 Å². The Morgan fingerprint density at radius 2 is 1.93 bits per heavy atom. The lowest BCUT2D eigenvalue weighted by Gasteiger charge is -2.32. The molecule has 0 amide bonds. The first kappa shape index (κ1) is 11.4. The number of ether oxygens (including phenoxy) is 1. The number of nitrogens with two attached hydrogens (primary N) is 1. The molecule has 1 heterocycles. The van der Waals surface area contributed by atoms with E-state index < -0.39 is 0 Å².